The zero-order valence-corrected chi connectivity index (χ0v) is 16.3. The van der Waals surface area contributed by atoms with Crippen molar-refractivity contribution in [2.75, 3.05) is 13.1 Å². The van der Waals surface area contributed by atoms with Crippen LogP contribution in [0.2, 0.25) is 4.34 Å². The molecule has 5 nitrogen and oxygen atoms in total. The Labute approximate surface area is 164 Å². The van der Waals surface area contributed by atoms with Gasteiger partial charge in [0.25, 0.3) is 11.8 Å². The number of aromatic nitrogens is 1. The number of halogens is 1. The molecule has 3 aromatic rings. The first-order chi connectivity index (χ1) is 12.5. The van der Waals surface area contributed by atoms with Crippen molar-refractivity contribution in [2.24, 2.45) is 0 Å². The number of carbonyl (C=O) groups excluding carboxylic acids is 2. The van der Waals surface area contributed by atoms with Gasteiger partial charge in [-0.3, -0.25) is 9.59 Å². The molecule has 8 heteroatoms. The number of benzene rings is 1. The third-order valence-electron chi connectivity index (χ3n) is 3.52. The lowest BCUT2D eigenvalue weighted by Gasteiger charge is -2.06. The van der Waals surface area contributed by atoms with Crippen LogP contribution in [0.15, 0.2) is 42.5 Å². The van der Waals surface area contributed by atoms with Crippen LogP contribution in [0.5, 0.6) is 0 Å². The number of hydrogen-bond donors (Lipinski definition) is 2. The number of aryl methyl sites for hydroxylation is 1. The van der Waals surface area contributed by atoms with E-state index in [4.69, 9.17) is 11.6 Å². The predicted molar refractivity (Wildman–Crippen MR) is 106 cm³/mol. The van der Waals surface area contributed by atoms with E-state index in [9.17, 15) is 9.59 Å². The van der Waals surface area contributed by atoms with Gasteiger partial charge in [-0.1, -0.05) is 29.8 Å². The van der Waals surface area contributed by atoms with Crippen molar-refractivity contribution in [3.63, 3.8) is 0 Å². The fourth-order valence-corrected chi connectivity index (χ4v) is 4.35. The molecule has 26 heavy (non-hydrogen) atoms. The van der Waals surface area contributed by atoms with Crippen LogP contribution in [0.25, 0.3) is 9.88 Å². The number of nitrogens with one attached hydrogen (secondary N) is 2. The standard InChI is InChI=1S/C18H16ClN3O2S2/c1-11-15(26-18(22-11)13-7-8-14(19)25-13)17(24)21-10-9-20-16(23)12-5-3-2-4-6-12/h2-8H,9-10H2,1H3,(H,20,23)(H,21,24). The minimum absolute atomic E-state index is 0.161. The largest absolute Gasteiger partial charge is 0.350 e. The molecule has 0 aliphatic carbocycles. The van der Waals surface area contributed by atoms with E-state index in [1.807, 2.05) is 30.3 Å². The van der Waals surface area contributed by atoms with Crippen LogP contribution in [0.4, 0.5) is 0 Å². The molecule has 3 rings (SSSR count). The van der Waals surface area contributed by atoms with E-state index in [-0.39, 0.29) is 11.8 Å². The van der Waals surface area contributed by atoms with Crippen molar-refractivity contribution in [3.8, 4) is 9.88 Å². The average Bonchev–Trinajstić information content (AvgIpc) is 3.25. The Morgan fingerprint density at radius 1 is 1.00 bits per heavy atom. The molecule has 0 unspecified atom stereocenters. The molecule has 1 aromatic carbocycles. The maximum Gasteiger partial charge on any atom is 0.263 e. The molecule has 0 aliphatic rings. The van der Waals surface area contributed by atoms with E-state index in [1.54, 1.807) is 19.1 Å². The van der Waals surface area contributed by atoms with E-state index in [1.165, 1.54) is 22.7 Å². The smallest absolute Gasteiger partial charge is 0.263 e. The number of amides is 2. The molecule has 0 fully saturated rings. The summed E-state index contributed by atoms with van der Waals surface area (Å²) in [5, 5.41) is 6.37. The van der Waals surface area contributed by atoms with Crippen molar-refractivity contribution in [1.82, 2.24) is 15.6 Å². The van der Waals surface area contributed by atoms with Gasteiger partial charge >= 0.3 is 0 Å². The topological polar surface area (TPSA) is 71.1 Å². The molecular weight excluding hydrogens is 390 g/mol. The van der Waals surface area contributed by atoms with E-state index in [2.05, 4.69) is 15.6 Å². The van der Waals surface area contributed by atoms with Gasteiger partial charge in [-0.05, 0) is 31.2 Å². The summed E-state index contributed by atoms with van der Waals surface area (Å²) in [6.45, 7) is 2.50. The number of rotatable bonds is 6. The van der Waals surface area contributed by atoms with Gasteiger partial charge in [0.1, 0.15) is 9.88 Å². The van der Waals surface area contributed by atoms with Crippen LogP contribution in [0.1, 0.15) is 25.7 Å². The van der Waals surface area contributed by atoms with Crippen LogP contribution in [-0.4, -0.2) is 29.9 Å². The summed E-state index contributed by atoms with van der Waals surface area (Å²) >= 11 is 8.72. The van der Waals surface area contributed by atoms with Crippen molar-refractivity contribution >= 4 is 46.1 Å². The molecule has 2 heterocycles. The Hall–Kier alpha value is -2.22. The summed E-state index contributed by atoms with van der Waals surface area (Å²) in [5.41, 5.74) is 1.27. The number of thiazole rings is 1. The van der Waals surface area contributed by atoms with Crippen molar-refractivity contribution < 1.29 is 9.59 Å². The Kier molecular flexibility index (Phi) is 6.03. The van der Waals surface area contributed by atoms with Gasteiger partial charge in [0.2, 0.25) is 0 Å². The minimum Gasteiger partial charge on any atom is -0.350 e. The van der Waals surface area contributed by atoms with Gasteiger partial charge in [0.05, 0.1) is 14.9 Å². The Balaban J connectivity index is 1.52. The van der Waals surface area contributed by atoms with Crippen LogP contribution >= 0.6 is 34.3 Å². The minimum atomic E-state index is -0.192. The third-order valence-corrected chi connectivity index (χ3v) is 6.08. The molecule has 0 saturated heterocycles. The van der Waals surface area contributed by atoms with Crippen molar-refractivity contribution in [3.05, 3.63) is 62.9 Å². The summed E-state index contributed by atoms with van der Waals surface area (Å²) in [5.74, 6) is -0.353. The molecule has 0 saturated carbocycles. The first-order valence-corrected chi connectivity index (χ1v) is 9.90. The second-order valence-corrected chi connectivity index (χ2v) is 8.13. The fraction of sp³-hybridized carbons (Fsp3) is 0.167. The van der Waals surface area contributed by atoms with Crippen LogP contribution in [-0.2, 0) is 0 Å². The predicted octanol–water partition coefficient (Wildman–Crippen LogP) is 3.99. The van der Waals surface area contributed by atoms with Gasteiger partial charge < -0.3 is 10.6 Å². The molecule has 0 atom stereocenters. The average molecular weight is 406 g/mol. The van der Waals surface area contributed by atoms with Crippen molar-refractivity contribution in [2.45, 2.75) is 6.92 Å². The monoisotopic (exact) mass is 405 g/mol. The molecule has 2 aromatic heterocycles. The fourth-order valence-electron chi connectivity index (χ4n) is 2.27. The summed E-state index contributed by atoms with van der Waals surface area (Å²) in [7, 11) is 0. The molecule has 0 bridgehead atoms. The normalized spacial score (nSPS) is 10.5. The first kappa shape index (κ1) is 18.6. The lowest BCUT2D eigenvalue weighted by molar-refractivity contribution is 0.0929. The van der Waals surface area contributed by atoms with Gasteiger partial charge in [0, 0.05) is 18.7 Å². The zero-order chi connectivity index (χ0) is 18.5. The SMILES string of the molecule is Cc1nc(-c2ccc(Cl)s2)sc1C(=O)NCCNC(=O)c1ccccc1. The summed E-state index contributed by atoms with van der Waals surface area (Å²) in [6, 6.07) is 12.7. The highest BCUT2D eigenvalue weighted by molar-refractivity contribution is 7.24. The maximum absolute atomic E-state index is 12.4. The van der Waals surface area contributed by atoms with Crippen LogP contribution in [0.3, 0.4) is 0 Å². The Bertz CT molecular complexity index is 922. The molecule has 0 radical (unpaired) electrons. The second-order valence-electron chi connectivity index (χ2n) is 5.42. The van der Waals surface area contributed by atoms with Gasteiger partial charge in [-0.15, -0.1) is 22.7 Å². The Morgan fingerprint density at radius 3 is 2.35 bits per heavy atom. The van der Waals surface area contributed by atoms with E-state index in [0.717, 1.165) is 9.88 Å². The zero-order valence-electron chi connectivity index (χ0n) is 13.9. The number of carbonyl (C=O) groups is 2. The summed E-state index contributed by atoms with van der Waals surface area (Å²) < 4.78 is 0.688. The van der Waals surface area contributed by atoms with Crippen LogP contribution in [0, 0.1) is 6.92 Å². The highest BCUT2D eigenvalue weighted by Gasteiger charge is 2.17. The highest BCUT2D eigenvalue weighted by atomic mass is 35.5. The van der Waals surface area contributed by atoms with E-state index in [0.29, 0.717) is 33.6 Å². The number of nitrogens with zero attached hydrogens (tertiary/aromatic N) is 1. The van der Waals surface area contributed by atoms with Crippen molar-refractivity contribution in [1.29, 1.82) is 0 Å². The molecule has 0 aliphatic heterocycles. The summed E-state index contributed by atoms with van der Waals surface area (Å²) in [4.78, 5) is 30.2. The van der Waals surface area contributed by atoms with Gasteiger partial charge in [-0.2, -0.15) is 0 Å². The van der Waals surface area contributed by atoms with Gasteiger partial charge in [0.15, 0.2) is 0 Å². The molecule has 0 spiro atoms. The first-order valence-electron chi connectivity index (χ1n) is 7.89. The lowest BCUT2D eigenvalue weighted by Crippen LogP contribution is -2.34. The molecule has 134 valence electrons. The summed E-state index contributed by atoms with van der Waals surface area (Å²) in [6.07, 6.45) is 0. The van der Waals surface area contributed by atoms with E-state index >= 15 is 0 Å². The van der Waals surface area contributed by atoms with E-state index < -0.39 is 0 Å². The highest BCUT2D eigenvalue weighted by Crippen LogP contribution is 2.34. The second kappa shape index (κ2) is 8.44. The quantitative estimate of drug-likeness (QED) is 0.609. The van der Waals surface area contributed by atoms with Gasteiger partial charge in [-0.25, -0.2) is 4.98 Å². The molecular formula is C18H16ClN3O2S2. The molecule has 2 N–H and O–H groups in total. The van der Waals surface area contributed by atoms with Crippen LogP contribution < -0.4 is 10.6 Å². The lowest BCUT2D eigenvalue weighted by atomic mass is 10.2. The number of hydrogen-bond acceptors (Lipinski definition) is 5. The maximum atomic E-state index is 12.4. The third kappa shape index (κ3) is 4.49. The Morgan fingerprint density at radius 2 is 1.69 bits per heavy atom. The number of thiophene rings is 1. The molecule has 2 amide bonds.